The van der Waals surface area contributed by atoms with E-state index in [2.05, 4.69) is 17.0 Å². The molecule has 6 heteroatoms. The summed E-state index contributed by atoms with van der Waals surface area (Å²) in [4.78, 5) is 16.9. The van der Waals surface area contributed by atoms with Crippen molar-refractivity contribution in [2.45, 2.75) is 58.5 Å². The van der Waals surface area contributed by atoms with Gasteiger partial charge in [0.1, 0.15) is 5.69 Å². The number of rotatable bonds is 9. The maximum Gasteiger partial charge on any atom is 0.233 e. The van der Waals surface area contributed by atoms with Crippen molar-refractivity contribution in [1.82, 2.24) is 10.1 Å². The maximum absolute atomic E-state index is 12.7. The van der Waals surface area contributed by atoms with Crippen LogP contribution in [0.4, 0.5) is 5.88 Å². The Morgan fingerprint density at radius 3 is 2.79 bits per heavy atom. The number of hydrogen-bond acceptors (Lipinski definition) is 5. The van der Waals surface area contributed by atoms with Crippen molar-refractivity contribution >= 4 is 11.8 Å². The van der Waals surface area contributed by atoms with Crippen LogP contribution in [-0.2, 0) is 16.1 Å². The molecule has 2 heterocycles. The van der Waals surface area contributed by atoms with Gasteiger partial charge in [-0.1, -0.05) is 42.4 Å². The molecule has 0 aliphatic carbocycles. The van der Waals surface area contributed by atoms with Crippen molar-refractivity contribution in [3.05, 3.63) is 35.9 Å². The molecule has 0 spiro atoms. The van der Waals surface area contributed by atoms with E-state index in [4.69, 9.17) is 9.26 Å². The molecule has 3 rings (SSSR count). The number of carbonyl (C=O) groups is 1. The molecule has 1 aromatic heterocycles. The Labute approximate surface area is 173 Å². The number of ether oxygens (including phenoxy) is 1. The Kier molecular flexibility index (Phi) is 7.69. The zero-order valence-electron chi connectivity index (χ0n) is 17.9. The smallest absolute Gasteiger partial charge is 0.233 e. The molecule has 0 radical (unpaired) electrons. The zero-order chi connectivity index (χ0) is 20.6. The van der Waals surface area contributed by atoms with Gasteiger partial charge in [-0.05, 0) is 32.6 Å². The average molecular weight is 400 g/mol. The molecular weight excluding hydrogens is 366 g/mol. The van der Waals surface area contributed by atoms with Gasteiger partial charge in [0.2, 0.25) is 11.8 Å². The van der Waals surface area contributed by atoms with Crippen LogP contribution in [0, 0.1) is 0 Å². The molecule has 2 aromatic rings. The lowest BCUT2D eigenvalue weighted by atomic mass is 10.0. The lowest BCUT2D eigenvalue weighted by Crippen LogP contribution is -2.38. The van der Waals surface area contributed by atoms with Crippen LogP contribution in [-0.4, -0.2) is 48.8 Å². The van der Waals surface area contributed by atoms with Crippen LogP contribution < -0.4 is 4.90 Å². The zero-order valence-corrected chi connectivity index (χ0v) is 17.9. The summed E-state index contributed by atoms with van der Waals surface area (Å²) in [5, 5.41) is 4.45. The van der Waals surface area contributed by atoms with Crippen LogP contribution in [0.3, 0.4) is 0 Å². The van der Waals surface area contributed by atoms with E-state index in [1.807, 2.05) is 42.2 Å². The first-order chi connectivity index (χ1) is 14.2. The number of piperidine rings is 1. The number of hydrogen-bond donors (Lipinski definition) is 0. The van der Waals surface area contributed by atoms with Gasteiger partial charge in [-0.2, -0.15) is 0 Å². The minimum atomic E-state index is 0.138. The van der Waals surface area contributed by atoms with Crippen LogP contribution >= 0.6 is 0 Å². The van der Waals surface area contributed by atoms with Gasteiger partial charge >= 0.3 is 0 Å². The largest absolute Gasteiger partial charge is 0.385 e. The SMILES string of the molecule is CCC(=O)N(CCCOC)Cc1c(-c2ccccc2)noc1N1CCCC[C@@H]1C. The molecule has 0 unspecified atom stereocenters. The molecule has 6 nitrogen and oxygen atoms in total. The van der Waals surface area contributed by atoms with Crippen molar-refractivity contribution < 1.29 is 14.1 Å². The van der Waals surface area contributed by atoms with Crippen LogP contribution in [0.25, 0.3) is 11.3 Å². The van der Waals surface area contributed by atoms with Crippen molar-refractivity contribution in [1.29, 1.82) is 0 Å². The summed E-state index contributed by atoms with van der Waals surface area (Å²) < 4.78 is 11.1. The van der Waals surface area contributed by atoms with E-state index in [1.165, 1.54) is 6.42 Å². The molecule has 1 amide bonds. The monoisotopic (exact) mass is 399 g/mol. The summed E-state index contributed by atoms with van der Waals surface area (Å²) >= 11 is 0. The Bertz CT molecular complexity index is 775. The molecule has 1 aliphatic heterocycles. The molecule has 0 N–H and O–H groups in total. The van der Waals surface area contributed by atoms with E-state index < -0.39 is 0 Å². The van der Waals surface area contributed by atoms with E-state index in [1.54, 1.807) is 7.11 Å². The van der Waals surface area contributed by atoms with Gasteiger partial charge in [0.25, 0.3) is 0 Å². The second kappa shape index (κ2) is 10.4. The standard InChI is InChI=1S/C23H33N3O3/c1-4-21(27)25(14-10-16-28-3)17-20-22(19-12-6-5-7-13-19)24-29-23(20)26-15-9-8-11-18(26)2/h5-7,12-13,18H,4,8-11,14-17H2,1-3H3/t18-/m0/s1. The summed E-state index contributed by atoms with van der Waals surface area (Å²) in [6, 6.07) is 10.5. The number of amides is 1. The van der Waals surface area contributed by atoms with Gasteiger partial charge in [0, 0.05) is 44.8 Å². The molecule has 1 fully saturated rings. The number of anilines is 1. The van der Waals surface area contributed by atoms with E-state index in [-0.39, 0.29) is 5.91 Å². The third kappa shape index (κ3) is 5.18. The van der Waals surface area contributed by atoms with E-state index in [0.29, 0.717) is 32.2 Å². The first kappa shape index (κ1) is 21.4. The average Bonchev–Trinajstić information content (AvgIpc) is 3.17. The van der Waals surface area contributed by atoms with Crippen molar-refractivity contribution in [2.75, 3.05) is 31.7 Å². The molecule has 0 saturated carbocycles. The number of carbonyl (C=O) groups excluding carboxylic acids is 1. The van der Waals surface area contributed by atoms with Crippen LogP contribution in [0.1, 0.15) is 51.5 Å². The van der Waals surface area contributed by atoms with Gasteiger partial charge in [-0.3, -0.25) is 4.79 Å². The minimum Gasteiger partial charge on any atom is -0.385 e. The topological polar surface area (TPSA) is 58.8 Å². The fourth-order valence-corrected chi connectivity index (χ4v) is 4.00. The molecule has 1 aromatic carbocycles. The Morgan fingerprint density at radius 1 is 1.31 bits per heavy atom. The predicted molar refractivity (Wildman–Crippen MR) is 115 cm³/mol. The van der Waals surface area contributed by atoms with Crippen molar-refractivity contribution in [3.63, 3.8) is 0 Å². The van der Waals surface area contributed by atoms with Gasteiger partial charge in [0.15, 0.2) is 0 Å². The normalized spacial score (nSPS) is 16.8. The number of aromatic nitrogens is 1. The molecule has 1 atom stereocenters. The molecular formula is C23H33N3O3. The minimum absolute atomic E-state index is 0.138. The van der Waals surface area contributed by atoms with Crippen LogP contribution in [0.2, 0.25) is 0 Å². The molecule has 0 bridgehead atoms. The number of benzene rings is 1. The highest BCUT2D eigenvalue weighted by Gasteiger charge is 2.29. The molecule has 1 saturated heterocycles. The first-order valence-electron chi connectivity index (χ1n) is 10.7. The first-order valence-corrected chi connectivity index (χ1v) is 10.7. The summed E-state index contributed by atoms with van der Waals surface area (Å²) in [6.45, 7) is 6.91. The van der Waals surface area contributed by atoms with Crippen LogP contribution in [0.15, 0.2) is 34.9 Å². The summed E-state index contributed by atoms with van der Waals surface area (Å²) in [5.41, 5.74) is 2.85. The molecule has 1 aliphatic rings. The molecule has 29 heavy (non-hydrogen) atoms. The maximum atomic E-state index is 12.7. The summed E-state index contributed by atoms with van der Waals surface area (Å²) in [5.74, 6) is 0.954. The fourth-order valence-electron chi connectivity index (χ4n) is 4.00. The lowest BCUT2D eigenvalue weighted by Gasteiger charge is -2.34. The Balaban J connectivity index is 1.96. The second-order valence-electron chi connectivity index (χ2n) is 7.73. The highest BCUT2D eigenvalue weighted by Crippen LogP contribution is 2.35. The third-order valence-corrected chi connectivity index (χ3v) is 5.66. The molecule has 158 valence electrons. The summed E-state index contributed by atoms with van der Waals surface area (Å²) in [7, 11) is 1.69. The van der Waals surface area contributed by atoms with Crippen LogP contribution in [0.5, 0.6) is 0 Å². The quantitative estimate of drug-likeness (QED) is 0.581. The van der Waals surface area contributed by atoms with E-state index >= 15 is 0 Å². The fraction of sp³-hybridized carbons (Fsp3) is 0.565. The van der Waals surface area contributed by atoms with Gasteiger partial charge in [-0.15, -0.1) is 0 Å². The van der Waals surface area contributed by atoms with E-state index in [0.717, 1.165) is 48.5 Å². The highest BCUT2D eigenvalue weighted by molar-refractivity contribution is 5.77. The van der Waals surface area contributed by atoms with Crippen molar-refractivity contribution in [2.24, 2.45) is 0 Å². The van der Waals surface area contributed by atoms with Gasteiger partial charge in [0.05, 0.1) is 12.1 Å². The van der Waals surface area contributed by atoms with E-state index in [9.17, 15) is 4.79 Å². The van der Waals surface area contributed by atoms with Gasteiger partial charge < -0.3 is 19.1 Å². The number of methoxy groups -OCH3 is 1. The highest BCUT2D eigenvalue weighted by atomic mass is 16.5. The lowest BCUT2D eigenvalue weighted by molar-refractivity contribution is -0.131. The third-order valence-electron chi connectivity index (χ3n) is 5.66. The number of nitrogens with zero attached hydrogens (tertiary/aromatic N) is 3. The summed E-state index contributed by atoms with van der Waals surface area (Å²) in [6.07, 6.45) is 4.82. The Hall–Kier alpha value is -2.34. The van der Waals surface area contributed by atoms with Gasteiger partial charge in [-0.25, -0.2) is 0 Å². The predicted octanol–water partition coefficient (Wildman–Crippen LogP) is 4.50. The second-order valence-corrected chi connectivity index (χ2v) is 7.73. The van der Waals surface area contributed by atoms with Crippen molar-refractivity contribution in [3.8, 4) is 11.3 Å². The Morgan fingerprint density at radius 2 is 2.10 bits per heavy atom.